The van der Waals surface area contributed by atoms with Crippen molar-refractivity contribution in [1.29, 1.82) is 0 Å². The summed E-state index contributed by atoms with van der Waals surface area (Å²) in [4.78, 5) is 16.7. The average Bonchev–Trinajstić information content (AvgIpc) is 2.93. The molecule has 0 unspecified atom stereocenters. The van der Waals surface area contributed by atoms with E-state index >= 15 is 0 Å². The number of benzene rings is 3. The summed E-state index contributed by atoms with van der Waals surface area (Å²) in [6.45, 7) is 3.30. The molecule has 4 aromatic rings. The molecule has 40 heavy (non-hydrogen) atoms. The summed E-state index contributed by atoms with van der Waals surface area (Å²) < 4.78 is 34.4. The highest BCUT2D eigenvalue weighted by Crippen LogP contribution is 2.38. The number of pyridine rings is 1. The highest BCUT2D eigenvalue weighted by molar-refractivity contribution is 7.90. The molecule has 0 saturated carbocycles. The van der Waals surface area contributed by atoms with Gasteiger partial charge in [0.1, 0.15) is 0 Å². The van der Waals surface area contributed by atoms with E-state index < -0.39 is 15.7 Å². The maximum absolute atomic E-state index is 11.9. The van der Waals surface area contributed by atoms with E-state index in [4.69, 9.17) is 15.2 Å². The van der Waals surface area contributed by atoms with E-state index in [-0.39, 0.29) is 6.42 Å². The van der Waals surface area contributed by atoms with E-state index in [2.05, 4.69) is 28.6 Å². The Hall–Kier alpha value is -4.15. The molecule has 1 heterocycles. The Labute approximate surface area is 234 Å². The average molecular weight is 563 g/mol. The highest BCUT2D eigenvalue weighted by atomic mass is 32.2. The van der Waals surface area contributed by atoms with Gasteiger partial charge in [-0.3, -0.25) is 9.78 Å². The van der Waals surface area contributed by atoms with E-state index in [0.29, 0.717) is 40.6 Å². The van der Waals surface area contributed by atoms with Crippen LogP contribution in [0.4, 0.5) is 11.4 Å². The van der Waals surface area contributed by atoms with Gasteiger partial charge in [0.25, 0.3) is 0 Å². The number of nitrogens with one attached hydrogen (secondary N) is 2. The lowest BCUT2D eigenvalue weighted by Crippen LogP contribution is -2.16. The van der Waals surface area contributed by atoms with Crippen LogP contribution >= 0.6 is 0 Å². The van der Waals surface area contributed by atoms with Crippen LogP contribution in [0.5, 0.6) is 11.5 Å². The lowest BCUT2D eigenvalue weighted by atomic mass is 10.0. The largest absolute Gasteiger partial charge is 0.493 e. The van der Waals surface area contributed by atoms with Gasteiger partial charge in [-0.05, 0) is 47.4 Å². The summed E-state index contributed by atoms with van der Waals surface area (Å²) in [6.07, 6.45) is 3.66. The number of methoxy groups -OCH3 is 2. The lowest BCUT2D eigenvalue weighted by molar-refractivity contribution is -0.117. The summed E-state index contributed by atoms with van der Waals surface area (Å²) in [7, 11) is -0.0801. The van der Waals surface area contributed by atoms with Crippen LogP contribution in [0.1, 0.15) is 29.2 Å². The SMILES string of the molecule is CCc1c(CNCc2ccc(S(C)(=O)=O)cc2)cccc1Nc1c(CC(N)=O)cnc2cc(OC)c(OC)cc12. The van der Waals surface area contributed by atoms with Crippen LogP contribution in [-0.4, -0.2) is 39.8 Å². The van der Waals surface area contributed by atoms with Gasteiger partial charge in [-0.25, -0.2) is 8.42 Å². The summed E-state index contributed by atoms with van der Waals surface area (Å²) in [5, 5.41) is 7.80. The number of carbonyl (C=O) groups excluding carboxylic acids is 1. The molecule has 0 saturated heterocycles. The normalized spacial score (nSPS) is 11.4. The molecule has 1 amide bonds. The second-order valence-electron chi connectivity index (χ2n) is 9.47. The van der Waals surface area contributed by atoms with Crippen molar-refractivity contribution in [3.8, 4) is 11.5 Å². The molecule has 0 aliphatic carbocycles. The number of hydrogen-bond donors (Lipinski definition) is 3. The van der Waals surface area contributed by atoms with Crippen molar-refractivity contribution in [2.45, 2.75) is 37.8 Å². The van der Waals surface area contributed by atoms with Crippen molar-refractivity contribution in [2.24, 2.45) is 5.73 Å². The molecular weight excluding hydrogens is 528 g/mol. The number of amides is 1. The Bertz CT molecular complexity index is 1640. The van der Waals surface area contributed by atoms with Gasteiger partial charge in [0.05, 0.1) is 36.7 Å². The molecule has 0 aliphatic rings. The summed E-state index contributed by atoms with van der Waals surface area (Å²) in [5.74, 6) is 0.654. The minimum atomic E-state index is -3.22. The van der Waals surface area contributed by atoms with E-state index in [0.717, 1.165) is 39.9 Å². The fourth-order valence-corrected chi connectivity index (χ4v) is 5.33. The summed E-state index contributed by atoms with van der Waals surface area (Å²) >= 11 is 0. The van der Waals surface area contributed by atoms with Crippen LogP contribution in [-0.2, 0) is 40.6 Å². The molecule has 4 N–H and O–H groups in total. The van der Waals surface area contributed by atoms with Crippen LogP contribution in [0.3, 0.4) is 0 Å². The number of aromatic nitrogens is 1. The van der Waals surface area contributed by atoms with E-state index in [1.165, 1.54) is 6.26 Å². The molecule has 0 fully saturated rings. The first kappa shape index (κ1) is 28.8. The van der Waals surface area contributed by atoms with Gasteiger partial charge in [-0.15, -0.1) is 0 Å². The van der Waals surface area contributed by atoms with Gasteiger partial charge >= 0.3 is 0 Å². The standard InChI is InChI=1S/C30H34N4O5S/c1-5-23-20(17-32-16-19-9-11-22(12-10-19)40(4,36)37)7-6-8-25(23)34-30-21(13-29(31)35)18-33-26-15-28(39-3)27(38-2)14-24(26)30/h6-12,14-15,18,32H,5,13,16-17H2,1-4H3,(H2,31,35)(H,33,34). The van der Waals surface area contributed by atoms with Crippen molar-refractivity contribution >= 4 is 38.0 Å². The molecular formula is C30H34N4O5S. The number of carbonyl (C=O) groups is 1. The van der Waals surface area contributed by atoms with E-state index in [1.54, 1.807) is 38.6 Å². The second-order valence-corrected chi connectivity index (χ2v) is 11.5. The van der Waals surface area contributed by atoms with Crippen LogP contribution in [0.25, 0.3) is 10.9 Å². The van der Waals surface area contributed by atoms with Crippen molar-refractivity contribution in [1.82, 2.24) is 10.3 Å². The topological polar surface area (TPSA) is 133 Å². The van der Waals surface area contributed by atoms with Crippen LogP contribution in [0, 0.1) is 0 Å². The second kappa shape index (κ2) is 12.4. The molecule has 0 spiro atoms. The van der Waals surface area contributed by atoms with E-state index in [9.17, 15) is 13.2 Å². The minimum Gasteiger partial charge on any atom is -0.493 e. The van der Waals surface area contributed by atoms with Gasteiger partial charge in [-0.2, -0.15) is 0 Å². The fraction of sp³-hybridized carbons (Fsp3) is 0.267. The van der Waals surface area contributed by atoms with Gasteiger partial charge in [0.15, 0.2) is 21.3 Å². The molecule has 0 atom stereocenters. The number of primary amides is 1. The third kappa shape index (κ3) is 6.52. The lowest BCUT2D eigenvalue weighted by Gasteiger charge is -2.20. The fourth-order valence-electron chi connectivity index (χ4n) is 4.70. The number of anilines is 2. The smallest absolute Gasteiger partial charge is 0.221 e. The predicted molar refractivity (Wildman–Crippen MR) is 157 cm³/mol. The molecule has 4 rings (SSSR count). The van der Waals surface area contributed by atoms with Crippen molar-refractivity contribution < 1.29 is 22.7 Å². The van der Waals surface area contributed by atoms with Crippen molar-refractivity contribution in [3.05, 3.63) is 83.0 Å². The maximum Gasteiger partial charge on any atom is 0.221 e. The van der Waals surface area contributed by atoms with Crippen molar-refractivity contribution in [3.63, 3.8) is 0 Å². The Morgan fingerprint density at radius 2 is 1.68 bits per heavy atom. The van der Waals surface area contributed by atoms with Gasteiger partial charge in [0.2, 0.25) is 5.91 Å². The number of fused-ring (bicyclic) bond motifs is 1. The highest BCUT2D eigenvalue weighted by Gasteiger charge is 2.17. The zero-order valence-electron chi connectivity index (χ0n) is 23.1. The zero-order valence-corrected chi connectivity index (χ0v) is 23.9. The first-order valence-corrected chi connectivity index (χ1v) is 14.7. The van der Waals surface area contributed by atoms with Crippen molar-refractivity contribution in [2.75, 3.05) is 25.8 Å². The molecule has 0 aliphatic heterocycles. The number of ether oxygens (including phenoxy) is 2. The first-order valence-electron chi connectivity index (χ1n) is 12.8. The number of nitrogens with zero attached hydrogens (tertiary/aromatic N) is 1. The maximum atomic E-state index is 11.9. The van der Waals surface area contributed by atoms with Crippen LogP contribution in [0.2, 0.25) is 0 Å². The first-order chi connectivity index (χ1) is 19.1. The molecule has 10 heteroatoms. The summed E-state index contributed by atoms with van der Waals surface area (Å²) in [5.41, 5.74) is 11.8. The molecule has 0 radical (unpaired) electrons. The van der Waals surface area contributed by atoms with Crippen LogP contribution < -0.4 is 25.8 Å². The third-order valence-corrected chi connectivity index (χ3v) is 7.83. The number of sulfone groups is 1. The molecule has 9 nitrogen and oxygen atoms in total. The van der Waals surface area contributed by atoms with Gasteiger partial charge in [0, 0.05) is 48.2 Å². The Balaban J connectivity index is 1.64. The number of nitrogens with two attached hydrogens (primary N) is 1. The predicted octanol–water partition coefficient (Wildman–Crippen LogP) is 4.28. The third-order valence-electron chi connectivity index (χ3n) is 6.70. The Morgan fingerprint density at radius 3 is 2.30 bits per heavy atom. The number of hydrogen-bond acceptors (Lipinski definition) is 8. The zero-order chi connectivity index (χ0) is 28.9. The Morgan fingerprint density at radius 1 is 0.975 bits per heavy atom. The van der Waals surface area contributed by atoms with Crippen LogP contribution in [0.15, 0.2) is 65.7 Å². The molecule has 0 bridgehead atoms. The van der Waals surface area contributed by atoms with Gasteiger partial charge < -0.3 is 25.8 Å². The Kier molecular flexibility index (Phi) is 8.91. The van der Waals surface area contributed by atoms with E-state index in [1.807, 2.05) is 30.3 Å². The molecule has 1 aromatic heterocycles. The number of rotatable bonds is 12. The van der Waals surface area contributed by atoms with Gasteiger partial charge in [-0.1, -0.05) is 31.2 Å². The molecule has 210 valence electrons. The quantitative estimate of drug-likeness (QED) is 0.233. The monoisotopic (exact) mass is 562 g/mol. The minimum absolute atomic E-state index is 0.0282. The molecule has 3 aromatic carbocycles. The summed E-state index contributed by atoms with van der Waals surface area (Å²) in [6, 6.07) is 16.6.